The molecule has 1 atom stereocenters. The quantitative estimate of drug-likeness (QED) is 0.633. The Morgan fingerprint density at radius 3 is 2.43 bits per heavy atom. The molecule has 0 spiro atoms. The van der Waals surface area contributed by atoms with Crippen LogP contribution in [-0.2, 0) is 20.6 Å². The zero-order valence-corrected chi connectivity index (χ0v) is 19.6. The smallest absolute Gasteiger partial charge is 0.223 e. The number of para-hydroxylation sites is 1. The van der Waals surface area contributed by atoms with Gasteiger partial charge in [-0.25, -0.2) is 12.7 Å². The van der Waals surface area contributed by atoms with Crippen LogP contribution in [0.4, 0.5) is 0 Å². The maximum absolute atomic E-state index is 12.7. The van der Waals surface area contributed by atoms with Crippen molar-refractivity contribution in [1.29, 1.82) is 0 Å². The predicted molar refractivity (Wildman–Crippen MR) is 121 cm³/mol. The first-order valence-electron chi connectivity index (χ1n) is 9.95. The minimum absolute atomic E-state index is 0.0258. The molecular formula is C22H27BrN2O4S. The van der Waals surface area contributed by atoms with E-state index in [1.807, 2.05) is 43.3 Å². The van der Waals surface area contributed by atoms with E-state index in [1.165, 1.54) is 4.31 Å². The lowest BCUT2D eigenvalue weighted by Gasteiger charge is -2.31. The van der Waals surface area contributed by atoms with Gasteiger partial charge in [-0.1, -0.05) is 46.3 Å². The predicted octanol–water partition coefficient (Wildman–Crippen LogP) is 3.88. The minimum atomic E-state index is -3.40. The molecule has 0 aliphatic carbocycles. The number of rotatable bonds is 7. The number of ether oxygens (including phenoxy) is 1. The number of hydrogen-bond acceptors (Lipinski definition) is 4. The average Bonchev–Trinajstić information content (AvgIpc) is 2.75. The number of piperidine rings is 1. The number of sulfonamides is 1. The van der Waals surface area contributed by atoms with Gasteiger partial charge in [-0.3, -0.25) is 4.79 Å². The fraction of sp³-hybridized carbons (Fsp3) is 0.409. The van der Waals surface area contributed by atoms with Crippen molar-refractivity contribution in [3.63, 3.8) is 0 Å². The third-order valence-corrected chi connectivity index (χ3v) is 7.82. The lowest BCUT2D eigenvalue weighted by molar-refractivity contribution is -0.126. The molecule has 8 heteroatoms. The molecule has 1 amide bonds. The topological polar surface area (TPSA) is 75.7 Å². The van der Waals surface area contributed by atoms with Gasteiger partial charge in [-0.05, 0) is 43.5 Å². The second kappa shape index (κ2) is 9.94. The highest BCUT2D eigenvalue weighted by Gasteiger charge is 2.31. The number of carbonyl (C=O) groups excluding carboxylic acids is 1. The molecule has 0 saturated carbocycles. The first-order chi connectivity index (χ1) is 14.3. The standard InChI is InChI=1S/C22H27BrN2O4S/c1-16(20-5-3-4-6-21(20)29-2)24-22(26)18-11-13-25(14-12-18)30(27,28)15-17-7-9-19(23)10-8-17/h3-10,16,18H,11-15H2,1-2H3,(H,24,26)/t16-/m0/s1. The second-order valence-electron chi connectivity index (χ2n) is 7.53. The molecule has 0 aromatic heterocycles. The lowest BCUT2D eigenvalue weighted by atomic mass is 9.96. The van der Waals surface area contributed by atoms with Crippen molar-refractivity contribution >= 4 is 31.9 Å². The summed E-state index contributed by atoms with van der Waals surface area (Å²) in [5, 5.41) is 3.05. The van der Waals surface area contributed by atoms with E-state index in [4.69, 9.17) is 4.74 Å². The average molecular weight is 495 g/mol. The van der Waals surface area contributed by atoms with Crippen molar-refractivity contribution in [3.8, 4) is 5.75 Å². The number of carbonyl (C=O) groups is 1. The van der Waals surface area contributed by atoms with Crippen LogP contribution < -0.4 is 10.1 Å². The molecule has 1 saturated heterocycles. The van der Waals surface area contributed by atoms with E-state index in [9.17, 15) is 13.2 Å². The highest BCUT2D eigenvalue weighted by molar-refractivity contribution is 9.10. The van der Waals surface area contributed by atoms with Crippen molar-refractivity contribution in [2.24, 2.45) is 5.92 Å². The van der Waals surface area contributed by atoms with Crippen molar-refractivity contribution in [1.82, 2.24) is 9.62 Å². The van der Waals surface area contributed by atoms with Crippen LogP contribution in [-0.4, -0.2) is 38.8 Å². The first-order valence-corrected chi connectivity index (χ1v) is 12.4. The number of amides is 1. The number of hydrogen-bond donors (Lipinski definition) is 1. The molecular weight excluding hydrogens is 468 g/mol. The second-order valence-corrected chi connectivity index (χ2v) is 10.4. The molecule has 1 aliphatic heterocycles. The van der Waals surface area contributed by atoms with Gasteiger partial charge in [0, 0.05) is 29.0 Å². The van der Waals surface area contributed by atoms with E-state index in [0.717, 1.165) is 21.3 Å². The fourth-order valence-corrected chi connectivity index (χ4v) is 5.54. The Labute approximate surface area is 186 Å². The Hall–Kier alpha value is -1.90. The van der Waals surface area contributed by atoms with Gasteiger partial charge in [0.25, 0.3) is 0 Å². The summed E-state index contributed by atoms with van der Waals surface area (Å²) in [6, 6.07) is 14.7. The summed E-state index contributed by atoms with van der Waals surface area (Å²) in [4.78, 5) is 12.7. The van der Waals surface area contributed by atoms with Crippen LogP contribution in [0.2, 0.25) is 0 Å². The number of nitrogens with zero attached hydrogens (tertiary/aromatic N) is 1. The summed E-state index contributed by atoms with van der Waals surface area (Å²) in [6.45, 7) is 2.65. The molecule has 6 nitrogen and oxygen atoms in total. The molecule has 1 fully saturated rings. The van der Waals surface area contributed by atoms with Crippen molar-refractivity contribution in [3.05, 3.63) is 64.1 Å². The Kier molecular flexibility index (Phi) is 7.55. The maximum Gasteiger partial charge on any atom is 0.223 e. The van der Waals surface area contributed by atoms with Crippen LogP contribution in [0.15, 0.2) is 53.0 Å². The summed E-state index contributed by atoms with van der Waals surface area (Å²) in [5.41, 5.74) is 1.67. The number of halogens is 1. The van der Waals surface area contributed by atoms with Crippen LogP contribution >= 0.6 is 15.9 Å². The van der Waals surface area contributed by atoms with Gasteiger partial charge in [0.15, 0.2) is 0 Å². The number of benzene rings is 2. The molecule has 1 N–H and O–H groups in total. The SMILES string of the molecule is COc1ccccc1[C@H](C)NC(=O)C1CCN(S(=O)(=O)Cc2ccc(Br)cc2)CC1. The molecule has 2 aromatic carbocycles. The van der Waals surface area contributed by atoms with Crippen molar-refractivity contribution in [2.45, 2.75) is 31.6 Å². The summed E-state index contributed by atoms with van der Waals surface area (Å²) in [5.74, 6) is 0.473. The number of nitrogens with one attached hydrogen (secondary N) is 1. The Morgan fingerprint density at radius 1 is 1.17 bits per heavy atom. The van der Waals surface area contributed by atoms with Crippen LogP contribution in [0.25, 0.3) is 0 Å². The molecule has 2 aromatic rings. The molecule has 3 rings (SSSR count). The largest absolute Gasteiger partial charge is 0.496 e. The van der Waals surface area contributed by atoms with Gasteiger partial charge in [-0.2, -0.15) is 0 Å². The third-order valence-electron chi connectivity index (χ3n) is 5.44. The summed E-state index contributed by atoms with van der Waals surface area (Å²) in [6.07, 6.45) is 1.04. The molecule has 0 radical (unpaired) electrons. The van der Waals surface area contributed by atoms with Gasteiger partial charge in [0.2, 0.25) is 15.9 Å². The maximum atomic E-state index is 12.7. The van der Waals surface area contributed by atoms with Gasteiger partial charge in [0.1, 0.15) is 5.75 Å². The van der Waals surface area contributed by atoms with E-state index >= 15 is 0 Å². The molecule has 1 heterocycles. The van der Waals surface area contributed by atoms with E-state index in [1.54, 1.807) is 19.2 Å². The number of methoxy groups -OCH3 is 1. The zero-order chi connectivity index (χ0) is 21.7. The molecule has 0 bridgehead atoms. The molecule has 30 heavy (non-hydrogen) atoms. The summed E-state index contributed by atoms with van der Waals surface area (Å²) < 4.78 is 33.3. The fourth-order valence-electron chi connectivity index (χ4n) is 3.71. The van der Waals surface area contributed by atoms with Crippen molar-refractivity contribution in [2.75, 3.05) is 20.2 Å². The Morgan fingerprint density at radius 2 is 1.80 bits per heavy atom. The Balaban J connectivity index is 1.55. The van der Waals surface area contributed by atoms with Crippen LogP contribution in [0.1, 0.15) is 36.9 Å². The first kappa shape index (κ1) is 22.8. The van der Waals surface area contributed by atoms with E-state index in [-0.39, 0.29) is 23.6 Å². The van der Waals surface area contributed by atoms with Crippen LogP contribution in [0.5, 0.6) is 5.75 Å². The van der Waals surface area contributed by atoms with Crippen LogP contribution in [0.3, 0.4) is 0 Å². The van der Waals surface area contributed by atoms with Crippen LogP contribution in [0, 0.1) is 5.92 Å². The molecule has 0 unspecified atom stereocenters. The van der Waals surface area contributed by atoms with Crippen molar-refractivity contribution < 1.29 is 17.9 Å². The van der Waals surface area contributed by atoms with Gasteiger partial charge >= 0.3 is 0 Å². The highest BCUT2D eigenvalue weighted by atomic mass is 79.9. The Bertz CT molecular complexity index is 971. The van der Waals surface area contributed by atoms with E-state index < -0.39 is 10.0 Å². The van der Waals surface area contributed by atoms with E-state index in [0.29, 0.717) is 25.9 Å². The normalized spacial score (nSPS) is 16.8. The molecule has 162 valence electrons. The van der Waals surface area contributed by atoms with Gasteiger partial charge in [-0.15, -0.1) is 0 Å². The van der Waals surface area contributed by atoms with E-state index in [2.05, 4.69) is 21.2 Å². The monoisotopic (exact) mass is 494 g/mol. The highest BCUT2D eigenvalue weighted by Crippen LogP contribution is 2.26. The van der Waals surface area contributed by atoms with Gasteiger partial charge in [0.05, 0.1) is 18.9 Å². The summed E-state index contributed by atoms with van der Waals surface area (Å²) >= 11 is 3.36. The summed E-state index contributed by atoms with van der Waals surface area (Å²) in [7, 11) is -1.79. The zero-order valence-electron chi connectivity index (χ0n) is 17.2. The molecule has 1 aliphatic rings. The minimum Gasteiger partial charge on any atom is -0.496 e. The third kappa shape index (κ3) is 5.62. The van der Waals surface area contributed by atoms with Gasteiger partial charge < -0.3 is 10.1 Å². The lowest BCUT2D eigenvalue weighted by Crippen LogP contribution is -2.43.